The van der Waals surface area contributed by atoms with E-state index >= 15 is 0 Å². The van der Waals surface area contributed by atoms with Gasteiger partial charge in [0, 0.05) is 6.20 Å². The Labute approximate surface area is 107 Å². The van der Waals surface area contributed by atoms with E-state index in [2.05, 4.69) is 4.98 Å². The van der Waals surface area contributed by atoms with E-state index in [9.17, 15) is 0 Å². The summed E-state index contributed by atoms with van der Waals surface area (Å²) < 4.78 is 5.83. The van der Waals surface area contributed by atoms with Gasteiger partial charge in [0.1, 0.15) is 17.3 Å². The smallest absolute Gasteiger partial charge is 0.139 e. The summed E-state index contributed by atoms with van der Waals surface area (Å²) in [5, 5.41) is 0. The lowest BCUT2D eigenvalue weighted by Crippen LogP contribution is -1.96. The summed E-state index contributed by atoms with van der Waals surface area (Å²) in [5.41, 5.74) is 7.85. The highest BCUT2D eigenvalue weighted by molar-refractivity contribution is 5.67. The van der Waals surface area contributed by atoms with Crippen molar-refractivity contribution in [3.05, 3.63) is 53.7 Å². The lowest BCUT2D eigenvalue weighted by Gasteiger charge is -2.10. The Morgan fingerprint density at radius 3 is 2.56 bits per heavy atom. The number of aryl methyl sites for hydroxylation is 1. The van der Waals surface area contributed by atoms with Crippen molar-refractivity contribution in [1.82, 2.24) is 4.98 Å². The van der Waals surface area contributed by atoms with Crippen LogP contribution in [0.4, 0.5) is 5.82 Å². The third kappa shape index (κ3) is 2.69. The van der Waals surface area contributed by atoms with Gasteiger partial charge in [-0.25, -0.2) is 4.98 Å². The number of allylic oxidation sites excluding steroid dienone is 1. The van der Waals surface area contributed by atoms with E-state index in [0.717, 1.165) is 11.3 Å². The first-order valence-corrected chi connectivity index (χ1v) is 5.82. The van der Waals surface area contributed by atoms with E-state index in [0.29, 0.717) is 11.6 Å². The Bertz CT molecular complexity index is 559. The molecule has 0 spiro atoms. The number of hydrogen-bond donors (Lipinski definition) is 1. The molecular weight excluding hydrogens is 224 g/mol. The van der Waals surface area contributed by atoms with Crippen molar-refractivity contribution in [3.8, 4) is 11.5 Å². The molecule has 0 atom stereocenters. The minimum atomic E-state index is 0.470. The van der Waals surface area contributed by atoms with Gasteiger partial charge in [0.2, 0.25) is 0 Å². The van der Waals surface area contributed by atoms with Gasteiger partial charge in [-0.3, -0.25) is 0 Å². The molecule has 0 bridgehead atoms. The SMILES string of the molecule is C/C=C\c1c(Oc2ccc(C)cc2)ccnc1N. The number of pyridine rings is 1. The molecule has 0 saturated heterocycles. The number of aromatic nitrogens is 1. The monoisotopic (exact) mass is 240 g/mol. The summed E-state index contributed by atoms with van der Waals surface area (Å²) in [6, 6.07) is 9.70. The largest absolute Gasteiger partial charge is 0.457 e. The van der Waals surface area contributed by atoms with Gasteiger partial charge in [-0.15, -0.1) is 0 Å². The zero-order valence-electron chi connectivity index (χ0n) is 10.6. The van der Waals surface area contributed by atoms with Crippen LogP contribution in [0, 0.1) is 6.92 Å². The van der Waals surface area contributed by atoms with Crippen LogP contribution in [-0.2, 0) is 0 Å². The van der Waals surface area contributed by atoms with E-state index in [4.69, 9.17) is 10.5 Å². The first-order valence-electron chi connectivity index (χ1n) is 5.82. The lowest BCUT2D eigenvalue weighted by atomic mass is 10.2. The maximum absolute atomic E-state index is 5.84. The summed E-state index contributed by atoms with van der Waals surface area (Å²) in [4.78, 5) is 4.06. The average molecular weight is 240 g/mol. The molecule has 0 saturated carbocycles. The Balaban J connectivity index is 2.34. The molecular formula is C15H16N2O. The van der Waals surface area contributed by atoms with Crippen molar-refractivity contribution in [2.45, 2.75) is 13.8 Å². The van der Waals surface area contributed by atoms with Crippen molar-refractivity contribution in [2.75, 3.05) is 5.73 Å². The summed E-state index contributed by atoms with van der Waals surface area (Å²) in [6.07, 6.45) is 5.45. The minimum absolute atomic E-state index is 0.470. The second kappa shape index (κ2) is 5.36. The van der Waals surface area contributed by atoms with Gasteiger partial charge in [0.15, 0.2) is 0 Å². The van der Waals surface area contributed by atoms with Gasteiger partial charge in [-0.05, 0) is 32.0 Å². The maximum atomic E-state index is 5.84. The molecule has 3 heteroatoms. The fraction of sp³-hybridized carbons (Fsp3) is 0.133. The number of hydrogen-bond acceptors (Lipinski definition) is 3. The summed E-state index contributed by atoms with van der Waals surface area (Å²) in [5.74, 6) is 1.97. The highest BCUT2D eigenvalue weighted by Gasteiger charge is 2.06. The number of nitrogens with two attached hydrogens (primary N) is 1. The molecule has 1 aromatic heterocycles. The third-order valence-electron chi connectivity index (χ3n) is 2.56. The van der Waals surface area contributed by atoms with Crippen LogP contribution < -0.4 is 10.5 Å². The number of benzene rings is 1. The topological polar surface area (TPSA) is 48.1 Å². The molecule has 0 unspecified atom stereocenters. The minimum Gasteiger partial charge on any atom is -0.457 e. The van der Waals surface area contributed by atoms with Gasteiger partial charge in [0.05, 0.1) is 5.56 Å². The van der Waals surface area contributed by atoms with Gasteiger partial charge >= 0.3 is 0 Å². The van der Waals surface area contributed by atoms with Gasteiger partial charge in [-0.1, -0.05) is 29.8 Å². The van der Waals surface area contributed by atoms with Crippen molar-refractivity contribution >= 4 is 11.9 Å². The molecule has 2 aromatic rings. The Kier molecular flexibility index (Phi) is 3.63. The molecule has 1 aromatic carbocycles. The number of rotatable bonds is 3. The van der Waals surface area contributed by atoms with Gasteiger partial charge in [-0.2, -0.15) is 0 Å². The summed E-state index contributed by atoms with van der Waals surface area (Å²) in [6.45, 7) is 3.97. The predicted octanol–water partition coefficient (Wildman–Crippen LogP) is 3.80. The quantitative estimate of drug-likeness (QED) is 0.887. The van der Waals surface area contributed by atoms with E-state index < -0.39 is 0 Å². The van der Waals surface area contributed by atoms with Crippen LogP contribution in [0.3, 0.4) is 0 Å². The molecule has 0 aliphatic carbocycles. The molecule has 2 N–H and O–H groups in total. The zero-order chi connectivity index (χ0) is 13.0. The standard InChI is InChI=1S/C15H16N2O/c1-3-4-13-14(9-10-17-15(13)16)18-12-7-5-11(2)6-8-12/h3-10H,1-2H3,(H2,16,17)/b4-3-. The molecule has 0 radical (unpaired) electrons. The third-order valence-corrected chi connectivity index (χ3v) is 2.56. The highest BCUT2D eigenvalue weighted by Crippen LogP contribution is 2.29. The van der Waals surface area contributed by atoms with Crippen LogP contribution >= 0.6 is 0 Å². The molecule has 3 nitrogen and oxygen atoms in total. The average Bonchev–Trinajstić information content (AvgIpc) is 2.36. The Morgan fingerprint density at radius 1 is 1.17 bits per heavy atom. The van der Waals surface area contributed by atoms with Crippen molar-refractivity contribution in [1.29, 1.82) is 0 Å². The molecule has 0 fully saturated rings. The summed E-state index contributed by atoms with van der Waals surface area (Å²) >= 11 is 0. The number of nitrogens with zero attached hydrogens (tertiary/aromatic N) is 1. The fourth-order valence-electron chi connectivity index (χ4n) is 1.63. The molecule has 2 rings (SSSR count). The Morgan fingerprint density at radius 2 is 1.89 bits per heavy atom. The second-order valence-corrected chi connectivity index (χ2v) is 4.02. The van der Waals surface area contributed by atoms with Gasteiger partial charge < -0.3 is 10.5 Å². The first kappa shape index (κ1) is 12.2. The van der Waals surface area contributed by atoms with Crippen LogP contribution in [0.15, 0.2) is 42.6 Å². The van der Waals surface area contributed by atoms with Crippen LogP contribution in [0.1, 0.15) is 18.1 Å². The first-order chi connectivity index (χ1) is 8.70. The van der Waals surface area contributed by atoms with Crippen molar-refractivity contribution in [3.63, 3.8) is 0 Å². The van der Waals surface area contributed by atoms with Gasteiger partial charge in [0.25, 0.3) is 0 Å². The predicted molar refractivity (Wildman–Crippen MR) is 74.6 cm³/mol. The summed E-state index contributed by atoms with van der Waals surface area (Å²) in [7, 11) is 0. The maximum Gasteiger partial charge on any atom is 0.139 e. The van der Waals surface area contributed by atoms with E-state index in [1.807, 2.05) is 56.3 Å². The highest BCUT2D eigenvalue weighted by atomic mass is 16.5. The van der Waals surface area contributed by atoms with E-state index in [1.165, 1.54) is 5.56 Å². The molecule has 0 aliphatic rings. The van der Waals surface area contributed by atoms with Crippen LogP contribution in [0.2, 0.25) is 0 Å². The Hall–Kier alpha value is -2.29. The molecule has 18 heavy (non-hydrogen) atoms. The fourth-order valence-corrected chi connectivity index (χ4v) is 1.63. The van der Waals surface area contributed by atoms with Crippen LogP contribution in [-0.4, -0.2) is 4.98 Å². The second-order valence-electron chi connectivity index (χ2n) is 4.02. The molecule has 0 aliphatic heterocycles. The number of ether oxygens (including phenoxy) is 1. The zero-order valence-corrected chi connectivity index (χ0v) is 10.6. The van der Waals surface area contributed by atoms with Crippen molar-refractivity contribution in [2.24, 2.45) is 0 Å². The molecule has 0 amide bonds. The van der Waals surface area contributed by atoms with Crippen LogP contribution in [0.25, 0.3) is 6.08 Å². The lowest BCUT2D eigenvalue weighted by molar-refractivity contribution is 0.481. The number of anilines is 1. The molecule has 92 valence electrons. The normalized spacial score (nSPS) is 10.8. The van der Waals surface area contributed by atoms with Crippen molar-refractivity contribution < 1.29 is 4.74 Å². The van der Waals surface area contributed by atoms with E-state index in [-0.39, 0.29) is 0 Å². The number of nitrogen functional groups attached to an aromatic ring is 1. The van der Waals surface area contributed by atoms with Crippen LogP contribution in [0.5, 0.6) is 11.5 Å². The molecule has 1 heterocycles. The van der Waals surface area contributed by atoms with E-state index in [1.54, 1.807) is 6.20 Å².